The zero-order valence-corrected chi connectivity index (χ0v) is 14.9. The molecule has 0 heterocycles. The summed E-state index contributed by atoms with van der Waals surface area (Å²) >= 11 is 0. The van der Waals surface area contributed by atoms with E-state index in [2.05, 4.69) is 0 Å². The van der Waals surface area contributed by atoms with Crippen molar-refractivity contribution in [2.24, 2.45) is 11.8 Å². The molecule has 128 valence electrons. The summed E-state index contributed by atoms with van der Waals surface area (Å²) in [6.45, 7) is 0. The lowest BCUT2D eigenvalue weighted by atomic mass is 10.1. The molecular formula is C19H23NO3S. The van der Waals surface area contributed by atoms with Gasteiger partial charge in [0, 0.05) is 23.9 Å². The van der Waals surface area contributed by atoms with E-state index >= 15 is 0 Å². The summed E-state index contributed by atoms with van der Waals surface area (Å²) < 4.78 is 33.7. The molecule has 4 rings (SSSR count). The summed E-state index contributed by atoms with van der Waals surface area (Å²) in [5, 5.41) is 1.57. The largest absolute Gasteiger partial charge is 0.496 e. The van der Waals surface area contributed by atoms with Gasteiger partial charge < -0.3 is 4.74 Å². The second-order valence-corrected chi connectivity index (χ2v) is 8.96. The van der Waals surface area contributed by atoms with Gasteiger partial charge in [0.1, 0.15) is 5.75 Å². The summed E-state index contributed by atoms with van der Waals surface area (Å²) in [6, 6.07) is 11.2. The van der Waals surface area contributed by atoms with Crippen molar-refractivity contribution in [3.8, 4) is 5.75 Å². The van der Waals surface area contributed by atoms with Gasteiger partial charge in [0.15, 0.2) is 0 Å². The first kappa shape index (κ1) is 15.9. The van der Waals surface area contributed by atoms with Crippen LogP contribution in [0.4, 0.5) is 0 Å². The number of ether oxygens (including phenoxy) is 1. The van der Waals surface area contributed by atoms with Crippen molar-refractivity contribution in [3.63, 3.8) is 0 Å². The number of fused-ring (bicyclic) bond motifs is 1. The number of hydrogen-bond donors (Lipinski definition) is 0. The number of methoxy groups -OCH3 is 1. The third-order valence-corrected chi connectivity index (χ3v) is 7.26. The second-order valence-electron chi connectivity index (χ2n) is 7.00. The lowest BCUT2D eigenvalue weighted by Gasteiger charge is -2.28. The minimum Gasteiger partial charge on any atom is -0.496 e. The minimum absolute atomic E-state index is 0.163. The molecule has 5 heteroatoms. The predicted octanol–water partition coefficient (Wildman–Crippen LogP) is 3.66. The number of hydrogen-bond acceptors (Lipinski definition) is 3. The highest BCUT2D eigenvalue weighted by Crippen LogP contribution is 2.48. The molecule has 0 amide bonds. The Morgan fingerprint density at radius 2 is 1.58 bits per heavy atom. The van der Waals surface area contributed by atoms with Gasteiger partial charge in [0.2, 0.25) is 10.0 Å². The van der Waals surface area contributed by atoms with Crippen molar-refractivity contribution in [2.75, 3.05) is 14.2 Å². The van der Waals surface area contributed by atoms with Gasteiger partial charge in [-0.2, -0.15) is 4.31 Å². The van der Waals surface area contributed by atoms with E-state index < -0.39 is 10.0 Å². The Morgan fingerprint density at radius 1 is 1.00 bits per heavy atom. The Kier molecular flexibility index (Phi) is 3.81. The third kappa shape index (κ3) is 2.60. The Morgan fingerprint density at radius 3 is 2.12 bits per heavy atom. The van der Waals surface area contributed by atoms with Crippen LogP contribution in [0.25, 0.3) is 10.8 Å². The smallest absolute Gasteiger partial charge is 0.243 e. The average molecular weight is 345 g/mol. The van der Waals surface area contributed by atoms with Crippen LogP contribution in [0.2, 0.25) is 0 Å². The van der Waals surface area contributed by atoms with E-state index in [4.69, 9.17) is 4.74 Å². The predicted molar refractivity (Wildman–Crippen MR) is 94.7 cm³/mol. The molecule has 2 fully saturated rings. The molecule has 0 unspecified atom stereocenters. The molecule has 2 aromatic carbocycles. The monoisotopic (exact) mass is 345 g/mol. The molecule has 24 heavy (non-hydrogen) atoms. The quantitative estimate of drug-likeness (QED) is 0.803. The molecule has 0 spiro atoms. The molecule has 2 aliphatic carbocycles. The number of sulfonamides is 1. The van der Waals surface area contributed by atoms with E-state index in [0.29, 0.717) is 22.5 Å². The van der Waals surface area contributed by atoms with Crippen molar-refractivity contribution in [1.82, 2.24) is 4.31 Å². The molecule has 0 saturated heterocycles. The fraction of sp³-hybridized carbons (Fsp3) is 0.474. The Labute approximate surface area is 143 Å². The first-order chi connectivity index (χ1) is 11.5. The van der Waals surface area contributed by atoms with Crippen LogP contribution in [0.5, 0.6) is 5.75 Å². The van der Waals surface area contributed by atoms with Crippen molar-refractivity contribution in [2.45, 2.75) is 36.6 Å². The van der Waals surface area contributed by atoms with E-state index in [1.54, 1.807) is 30.6 Å². The van der Waals surface area contributed by atoms with Gasteiger partial charge >= 0.3 is 0 Å². The average Bonchev–Trinajstić information content (AvgIpc) is 3.48. The number of nitrogens with zero attached hydrogens (tertiary/aromatic N) is 1. The fourth-order valence-corrected chi connectivity index (χ4v) is 5.49. The summed E-state index contributed by atoms with van der Waals surface area (Å²) in [7, 11) is -0.153. The maximum absolute atomic E-state index is 13.3. The molecule has 2 aromatic rings. The van der Waals surface area contributed by atoms with Gasteiger partial charge in [-0.1, -0.05) is 24.3 Å². The van der Waals surface area contributed by atoms with Gasteiger partial charge in [-0.3, -0.25) is 0 Å². The van der Waals surface area contributed by atoms with E-state index in [9.17, 15) is 8.42 Å². The topological polar surface area (TPSA) is 46.6 Å². The van der Waals surface area contributed by atoms with Gasteiger partial charge in [0.05, 0.1) is 12.0 Å². The maximum atomic E-state index is 13.3. The first-order valence-electron chi connectivity index (χ1n) is 8.58. The molecule has 0 radical (unpaired) electrons. The van der Waals surface area contributed by atoms with Crippen LogP contribution in [-0.4, -0.2) is 32.9 Å². The van der Waals surface area contributed by atoms with Crippen LogP contribution in [0.15, 0.2) is 41.3 Å². The van der Waals surface area contributed by atoms with Crippen LogP contribution in [0.3, 0.4) is 0 Å². The third-order valence-electron chi connectivity index (χ3n) is 5.35. The standard InChI is InChI=1S/C19H23NO3S/c1-20(19(13-7-8-13)14-9-10-14)24(21,22)18-12-11-17(23-2)15-5-3-4-6-16(15)18/h3-6,11-14,19H,7-10H2,1-2H3. The first-order valence-corrected chi connectivity index (χ1v) is 10.0. The Balaban J connectivity index is 1.80. The van der Waals surface area contributed by atoms with Crippen LogP contribution >= 0.6 is 0 Å². The van der Waals surface area contributed by atoms with Crippen molar-refractivity contribution < 1.29 is 13.2 Å². The Hall–Kier alpha value is -1.59. The molecular weight excluding hydrogens is 322 g/mol. The van der Waals surface area contributed by atoms with E-state index in [0.717, 1.165) is 36.5 Å². The van der Waals surface area contributed by atoms with Crippen molar-refractivity contribution in [1.29, 1.82) is 0 Å². The van der Waals surface area contributed by atoms with Crippen LogP contribution in [-0.2, 0) is 10.0 Å². The van der Waals surface area contributed by atoms with Gasteiger partial charge in [0.25, 0.3) is 0 Å². The molecule has 0 N–H and O–H groups in total. The summed E-state index contributed by atoms with van der Waals surface area (Å²) in [5.41, 5.74) is 0. The number of benzene rings is 2. The zero-order valence-electron chi connectivity index (χ0n) is 14.1. The molecule has 0 aliphatic heterocycles. The zero-order chi connectivity index (χ0) is 16.9. The van der Waals surface area contributed by atoms with Gasteiger partial charge in [-0.05, 0) is 49.7 Å². The lowest BCUT2D eigenvalue weighted by Crippen LogP contribution is -2.40. The highest BCUT2D eigenvalue weighted by atomic mass is 32.2. The van der Waals surface area contributed by atoms with Crippen LogP contribution < -0.4 is 4.74 Å². The normalized spacial score (nSPS) is 18.5. The Bertz CT molecular complexity index is 857. The van der Waals surface area contributed by atoms with Crippen LogP contribution in [0.1, 0.15) is 25.7 Å². The summed E-state index contributed by atoms with van der Waals surface area (Å²) in [4.78, 5) is 0.382. The number of rotatable bonds is 6. The van der Waals surface area contributed by atoms with Crippen LogP contribution in [0, 0.1) is 11.8 Å². The highest BCUT2D eigenvalue weighted by molar-refractivity contribution is 7.89. The second kappa shape index (κ2) is 5.74. The van der Waals surface area contributed by atoms with E-state index in [1.807, 2.05) is 24.3 Å². The fourth-order valence-electron chi connectivity index (χ4n) is 3.82. The van der Waals surface area contributed by atoms with E-state index in [1.165, 1.54) is 0 Å². The van der Waals surface area contributed by atoms with Gasteiger partial charge in [-0.25, -0.2) is 8.42 Å². The highest BCUT2D eigenvalue weighted by Gasteiger charge is 2.47. The van der Waals surface area contributed by atoms with Gasteiger partial charge in [-0.15, -0.1) is 0 Å². The molecule has 2 aliphatic rings. The molecule has 4 nitrogen and oxygen atoms in total. The van der Waals surface area contributed by atoms with Crippen molar-refractivity contribution in [3.05, 3.63) is 36.4 Å². The molecule has 0 atom stereocenters. The summed E-state index contributed by atoms with van der Waals surface area (Å²) in [5.74, 6) is 1.79. The SMILES string of the molecule is COc1ccc(S(=O)(=O)N(C)C(C2CC2)C2CC2)c2ccccc12. The molecule has 2 saturated carbocycles. The van der Waals surface area contributed by atoms with E-state index in [-0.39, 0.29) is 6.04 Å². The van der Waals surface area contributed by atoms with Crippen molar-refractivity contribution >= 4 is 20.8 Å². The maximum Gasteiger partial charge on any atom is 0.243 e. The lowest BCUT2D eigenvalue weighted by molar-refractivity contribution is 0.302. The molecule has 0 aromatic heterocycles. The minimum atomic E-state index is -3.52. The molecule has 0 bridgehead atoms. The summed E-state index contributed by atoms with van der Waals surface area (Å²) in [6.07, 6.45) is 4.63.